The molecule has 0 bridgehead atoms. The SMILES string of the molecule is COc1ccc(S(=O)(=O)N2CCCC2C(=O)N=c2sc3cc(C)ccc3n2CCSC)cc1. The van der Waals surface area contributed by atoms with E-state index in [0.717, 1.165) is 28.1 Å². The molecule has 1 atom stereocenters. The molecule has 3 aromatic rings. The van der Waals surface area contributed by atoms with E-state index in [0.29, 0.717) is 29.9 Å². The highest BCUT2D eigenvalue weighted by Crippen LogP contribution is 2.28. The van der Waals surface area contributed by atoms with Gasteiger partial charge in [0.15, 0.2) is 4.80 Å². The maximum Gasteiger partial charge on any atom is 0.266 e. The fraction of sp³-hybridized carbons (Fsp3) is 0.391. The van der Waals surface area contributed by atoms with Gasteiger partial charge in [0.1, 0.15) is 11.8 Å². The summed E-state index contributed by atoms with van der Waals surface area (Å²) in [5, 5.41) is 0. The van der Waals surface area contributed by atoms with Gasteiger partial charge in [-0.1, -0.05) is 17.4 Å². The topological polar surface area (TPSA) is 81.0 Å². The Balaban J connectivity index is 1.69. The second-order valence-corrected chi connectivity index (χ2v) is 11.8. The molecule has 0 radical (unpaired) electrons. The molecule has 1 amide bonds. The molecule has 7 nitrogen and oxygen atoms in total. The Labute approximate surface area is 202 Å². The number of ether oxygens (including phenoxy) is 1. The molecule has 4 rings (SSSR count). The van der Waals surface area contributed by atoms with E-state index in [1.165, 1.54) is 34.9 Å². The van der Waals surface area contributed by atoms with Crippen LogP contribution in [0.15, 0.2) is 52.4 Å². The number of fused-ring (bicyclic) bond motifs is 1. The molecule has 1 fully saturated rings. The summed E-state index contributed by atoms with van der Waals surface area (Å²) < 4.78 is 36.1. The van der Waals surface area contributed by atoms with Gasteiger partial charge >= 0.3 is 0 Å². The Bertz CT molecular complexity index is 1330. The van der Waals surface area contributed by atoms with Crippen molar-refractivity contribution < 1.29 is 17.9 Å². The number of thiazole rings is 1. The molecule has 0 aliphatic carbocycles. The maximum atomic E-state index is 13.3. The second kappa shape index (κ2) is 10.0. The number of hydrogen-bond donors (Lipinski definition) is 0. The van der Waals surface area contributed by atoms with Crippen molar-refractivity contribution in [2.45, 2.75) is 37.2 Å². The molecule has 10 heteroatoms. The molecule has 1 aromatic heterocycles. The van der Waals surface area contributed by atoms with Crippen molar-refractivity contribution in [2.75, 3.05) is 25.7 Å². The van der Waals surface area contributed by atoms with E-state index in [-0.39, 0.29) is 4.90 Å². The van der Waals surface area contributed by atoms with Crippen LogP contribution in [0.2, 0.25) is 0 Å². The fourth-order valence-electron chi connectivity index (χ4n) is 3.99. The van der Waals surface area contributed by atoms with Crippen LogP contribution >= 0.6 is 23.1 Å². The van der Waals surface area contributed by atoms with Crippen molar-refractivity contribution in [1.82, 2.24) is 8.87 Å². The summed E-state index contributed by atoms with van der Waals surface area (Å²) in [7, 11) is -2.29. The summed E-state index contributed by atoms with van der Waals surface area (Å²) in [6.07, 6.45) is 3.13. The highest BCUT2D eigenvalue weighted by Gasteiger charge is 2.39. The van der Waals surface area contributed by atoms with Crippen LogP contribution in [-0.4, -0.2) is 54.9 Å². The van der Waals surface area contributed by atoms with Crippen LogP contribution < -0.4 is 9.54 Å². The molecule has 1 aliphatic rings. The first-order valence-corrected chi connectivity index (χ1v) is 14.3. The largest absolute Gasteiger partial charge is 0.497 e. The molecule has 0 N–H and O–H groups in total. The molecule has 2 heterocycles. The number of nitrogens with zero attached hydrogens (tertiary/aromatic N) is 3. The zero-order chi connectivity index (χ0) is 23.6. The number of methoxy groups -OCH3 is 1. The fourth-order valence-corrected chi connectivity index (χ4v) is 7.17. The summed E-state index contributed by atoms with van der Waals surface area (Å²) in [6, 6.07) is 11.6. The van der Waals surface area contributed by atoms with E-state index in [9.17, 15) is 13.2 Å². The highest BCUT2D eigenvalue weighted by atomic mass is 32.2. The number of amides is 1. The highest BCUT2D eigenvalue weighted by molar-refractivity contribution is 7.98. The average molecular weight is 506 g/mol. The van der Waals surface area contributed by atoms with Gasteiger partial charge in [0.2, 0.25) is 10.0 Å². The molecular formula is C23H27N3O4S3. The zero-order valence-corrected chi connectivity index (χ0v) is 21.3. The molecular weight excluding hydrogens is 478 g/mol. The van der Waals surface area contributed by atoms with Gasteiger partial charge in [0.25, 0.3) is 5.91 Å². The number of carbonyl (C=O) groups excluding carboxylic acids is 1. The van der Waals surface area contributed by atoms with Gasteiger partial charge in [-0.15, -0.1) is 0 Å². The number of aryl methyl sites for hydroxylation is 2. The number of rotatable bonds is 7. The minimum atomic E-state index is -3.81. The normalized spacial score (nSPS) is 17.7. The predicted molar refractivity (Wildman–Crippen MR) is 133 cm³/mol. The standard InChI is InChI=1S/C23H27N3O4S3/c1-16-6-11-19-21(15-16)32-23(25(19)13-14-31-3)24-22(27)20-5-4-12-26(20)33(28,29)18-9-7-17(30-2)8-10-18/h6-11,15,20H,4-5,12-14H2,1-3H3. The van der Waals surface area contributed by atoms with Crippen LogP contribution in [0.1, 0.15) is 18.4 Å². The van der Waals surface area contributed by atoms with E-state index in [1.807, 2.05) is 13.2 Å². The van der Waals surface area contributed by atoms with Gasteiger partial charge in [0, 0.05) is 18.8 Å². The summed E-state index contributed by atoms with van der Waals surface area (Å²) in [6.45, 7) is 3.07. The lowest BCUT2D eigenvalue weighted by Crippen LogP contribution is -2.40. The first-order valence-electron chi connectivity index (χ1n) is 10.7. The molecule has 33 heavy (non-hydrogen) atoms. The van der Waals surface area contributed by atoms with Gasteiger partial charge in [-0.2, -0.15) is 21.1 Å². The van der Waals surface area contributed by atoms with Gasteiger partial charge < -0.3 is 9.30 Å². The van der Waals surface area contributed by atoms with Gasteiger partial charge in [-0.3, -0.25) is 4.79 Å². The molecule has 1 unspecified atom stereocenters. The molecule has 176 valence electrons. The van der Waals surface area contributed by atoms with E-state index >= 15 is 0 Å². The lowest BCUT2D eigenvalue weighted by Gasteiger charge is -2.21. The molecule has 1 saturated heterocycles. The summed E-state index contributed by atoms with van der Waals surface area (Å²) >= 11 is 3.20. The summed E-state index contributed by atoms with van der Waals surface area (Å²) in [5.41, 5.74) is 2.19. The van der Waals surface area contributed by atoms with Crippen molar-refractivity contribution in [3.63, 3.8) is 0 Å². The second-order valence-electron chi connectivity index (χ2n) is 7.90. The van der Waals surface area contributed by atoms with Crippen LogP contribution in [-0.2, 0) is 21.4 Å². The zero-order valence-electron chi connectivity index (χ0n) is 18.9. The Hall–Kier alpha value is -2.14. The lowest BCUT2D eigenvalue weighted by atomic mass is 10.2. The van der Waals surface area contributed by atoms with Gasteiger partial charge in [-0.25, -0.2) is 8.42 Å². The molecule has 2 aromatic carbocycles. The quantitative estimate of drug-likeness (QED) is 0.490. The van der Waals surface area contributed by atoms with E-state index in [1.54, 1.807) is 23.9 Å². The summed E-state index contributed by atoms with van der Waals surface area (Å²) in [5.74, 6) is 1.06. The van der Waals surface area contributed by atoms with E-state index in [4.69, 9.17) is 4.74 Å². The van der Waals surface area contributed by atoms with Crippen molar-refractivity contribution >= 4 is 49.2 Å². The van der Waals surface area contributed by atoms with Crippen molar-refractivity contribution in [1.29, 1.82) is 0 Å². The number of sulfonamides is 1. The third-order valence-corrected chi connectivity index (χ3v) is 9.27. The van der Waals surface area contributed by atoms with Gasteiger partial charge in [0.05, 0.1) is 22.2 Å². The molecule has 0 spiro atoms. The van der Waals surface area contributed by atoms with Crippen LogP contribution in [0.25, 0.3) is 10.2 Å². The third-order valence-electron chi connectivity index (χ3n) is 5.72. The van der Waals surface area contributed by atoms with Crippen molar-refractivity contribution in [3.05, 3.63) is 52.8 Å². The Morgan fingerprint density at radius 3 is 2.70 bits per heavy atom. The first kappa shape index (κ1) is 24.0. The van der Waals surface area contributed by atoms with E-state index in [2.05, 4.69) is 27.8 Å². The summed E-state index contributed by atoms with van der Waals surface area (Å²) in [4.78, 5) is 18.5. The Kier molecular flexibility index (Phi) is 7.28. The maximum absolute atomic E-state index is 13.3. The van der Waals surface area contributed by atoms with Crippen LogP contribution in [0.5, 0.6) is 5.75 Å². The van der Waals surface area contributed by atoms with Crippen molar-refractivity contribution in [2.24, 2.45) is 4.99 Å². The third kappa shape index (κ3) is 4.89. The number of hydrogen-bond acceptors (Lipinski definition) is 6. The van der Waals surface area contributed by atoms with E-state index < -0.39 is 22.0 Å². The molecule has 1 aliphatic heterocycles. The Morgan fingerprint density at radius 2 is 2.00 bits per heavy atom. The van der Waals surface area contributed by atoms with Crippen LogP contribution in [0, 0.1) is 6.92 Å². The number of carbonyl (C=O) groups is 1. The molecule has 0 saturated carbocycles. The minimum absolute atomic E-state index is 0.148. The Morgan fingerprint density at radius 1 is 1.24 bits per heavy atom. The minimum Gasteiger partial charge on any atom is -0.497 e. The average Bonchev–Trinajstić information content (AvgIpc) is 3.43. The smallest absolute Gasteiger partial charge is 0.266 e. The van der Waals surface area contributed by atoms with Crippen molar-refractivity contribution in [3.8, 4) is 5.75 Å². The first-order chi connectivity index (χ1) is 15.8. The van der Waals surface area contributed by atoms with Crippen LogP contribution in [0.4, 0.5) is 0 Å². The van der Waals surface area contributed by atoms with Gasteiger partial charge in [-0.05, 0) is 68.0 Å². The number of aromatic nitrogens is 1. The number of benzene rings is 2. The van der Waals surface area contributed by atoms with Crippen LogP contribution in [0.3, 0.4) is 0 Å². The number of thioether (sulfide) groups is 1. The predicted octanol–water partition coefficient (Wildman–Crippen LogP) is 3.66. The monoisotopic (exact) mass is 505 g/mol. The lowest BCUT2D eigenvalue weighted by molar-refractivity contribution is -0.121.